The van der Waals surface area contributed by atoms with Gasteiger partial charge < -0.3 is 85.9 Å². The van der Waals surface area contributed by atoms with Gasteiger partial charge in [-0.05, 0) is 243 Å². The third-order valence-corrected chi connectivity index (χ3v) is 13.7. The first kappa shape index (κ1) is 97.2. The second kappa shape index (κ2) is 42.5. The molecule has 0 heterocycles. The second-order valence-corrected chi connectivity index (χ2v) is 34.1. The number of carbonyl (C=O) groups excluding carboxylic acids is 8. The van der Waals surface area contributed by atoms with E-state index in [1.54, 1.807) is 231 Å². The first-order valence-corrected chi connectivity index (χ1v) is 40.1. The highest BCUT2D eigenvalue weighted by molar-refractivity contribution is 9.93. The zero-order valence-electron chi connectivity index (χ0n) is 69.2. The van der Waals surface area contributed by atoms with Crippen LogP contribution in [0.5, 0.6) is 34.5 Å². The van der Waals surface area contributed by atoms with Crippen molar-refractivity contribution < 1.29 is 105 Å². The van der Waals surface area contributed by atoms with Gasteiger partial charge in [-0.1, -0.05) is 12.1 Å². The largest absolute Gasteiger partial charge is 0.497 e. The number of anilines is 4. The number of esters is 8. The van der Waals surface area contributed by atoms with E-state index in [4.69, 9.17) is 66.3 Å². The van der Waals surface area contributed by atoms with Crippen LogP contribution in [0.25, 0.3) is 0 Å². The van der Waals surface area contributed by atoms with Crippen LogP contribution in [0, 0.1) is 13.8 Å². The number of ether oxygens (including phenoxy) is 14. The smallest absolute Gasteiger partial charge is 0.326 e. The van der Waals surface area contributed by atoms with Crippen molar-refractivity contribution >= 4 is 115 Å². The van der Waals surface area contributed by atoms with Crippen LogP contribution in [0.15, 0.2) is 71.2 Å². The van der Waals surface area contributed by atoms with E-state index in [-0.39, 0.29) is 78.8 Å². The van der Waals surface area contributed by atoms with E-state index in [0.29, 0.717) is 61.7 Å². The molecule has 29 heteroatoms. The van der Waals surface area contributed by atoms with Crippen LogP contribution in [-0.2, 0) is 76.3 Å². The van der Waals surface area contributed by atoms with Crippen molar-refractivity contribution in [3.63, 3.8) is 0 Å². The number of benzene rings is 4. The quantitative estimate of drug-likeness (QED) is 0.0249. The topological polar surface area (TPSA) is 279 Å². The molecule has 0 N–H and O–H groups in total. The van der Waals surface area contributed by atoms with E-state index in [2.05, 4.69) is 44.2 Å². The highest BCUT2D eigenvalue weighted by atomic mass is 80.9. The van der Waals surface area contributed by atoms with Crippen molar-refractivity contribution in [2.75, 3.05) is 113 Å². The molecule has 0 aliphatic rings. The molecule has 0 bridgehead atoms. The van der Waals surface area contributed by atoms with Crippen molar-refractivity contribution in [2.45, 2.75) is 225 Å². The minimum absolute atomic E-state index is 0.0179. The molecule has 0 aromatic heterocycles. The number of methoxy groups -OCH3 is 2. The Kier molecular flexibility index (Phi) is 37.9. The fraction of sp³-hybridized carbons (Fsp3) is 0.600. The number of halogens is 3. The number of hydrogen-bond donors (Lipinski definition) is 0. The van der Waals surface area contributed by atoms with E-state index in [0.717, 1.165) is 11.1 Å². The summed E-state index contributed by atoms with van der Waals surface area (Å²) in [6, 6.07) is 19.2. The molecule has 4 aromatic rings. The van der Waals surface area contributed by atoms with Crippen molar-refractivity contribution in [1.82, 2.24) is 0 Å². The van der Waals surface area contributed by atoms with Crippen LogP contribution in [0.3, 0.4) is 0 Å². The van der Waals surface area contributed by atoms with Gasteiger partial charge in [-0.25, -0.2) is 0 Å². The van der Waals surface area contributed by atoms with Gasteiger partial charge in [-0.3, -0.25) is 38.4 Å². The van der Waals surface area contributed by atoms with Crippen LogP contribution in [-0.4, -0.2) is 186 Å². The zero-order valence-corrected chi connectivity index (χ0v) is 74.0. The van der Waals surface area contributed by atoms with E-state index in [1.807, 2.05) is 26.0 Å². The van der Waals surface area contributed by atoms with E-state index in [9.17, 15) is 38.4 Å². The van der Waals surface area contributed by atoms with Crippen molar-refractivity contribution in [2.24, 2.45) is 0 Å². The number of carbonyl (C=O) groups is 8. The molecular formula is C80H119Br3N4O22. The van der Waals surface area contributed by atoms with Crippen molar-refractivity contribution in [3.05, 3.63) is 82.3 Å². The van der Waals surface area contributed by atoms with Gasteiger partial charge >= 0.3 is 47.8 Å². The zero-order chi connectivity index (χ0) is 83.6. The Morgan fingerprint density at radius 3 is 0.752 bits per heavy atom. The van der Waals surface area contributed by atoms with Gasteiger partial charge in [0.05, 0.1) is 41.4 Å². The van der Waals surface area contributed by atoms with E-state index in [1.165, 1.54) is 24.0 Å². The van der Waals surface area contributed by atoms with Crippen molar-refractivity contribution in [1.29, 1.82) is 0 Å². The number of hydrogen-bond acceptors (Lipinski definition) is 26. The lowest BCUT2D eigenvalue weighted by Crippen LogP contribution is -2.40. The Labute approximate surface area is 669 Å². The standard InChI is InChI=1S/C40H59BrN2O11.C40H60N2O11.Br2/c1-26-15-16-28(42(22-33(44)51-37(2,3)4)23-34(45)52-38(5,6)7)31(19-26)49-17-18-50-32-20-27(41)30(48-14)21-29(32)43(24-35(46)53-39(8,9)10)25-36(47)54-40(11,12)13;1-27-15-17-29(41(23-33(43)50-37(2,3)4)24-34(44)51-38(5,6)7)32(21-27)49-20-19-48-31-18-16-28(47-14)22-30(31)42(25-35(45)52-39(8,9)10)26-36(46)53-40(11,12)13;1-2/h15-16,19-21H,17-18,22-25H2,1-14H3;15-18,21-22H,19-20,23-26H2,1-14H3;. The average Bonchev–Trinajstić information content (AvgIpc) is 0.829. The molecule has 26 nitrogen and oxygen atoms in total. The van der Waals surface area contributed by atoms with Crippen molar-refractivity contribution in [3.8, 4) is 34.5 Å². The summed E-state index contributed by atoms with van der Waals surface area (Å²) in [6.07, 6.45) is 0. The minimum Gasteiger partial charge on any atom is -0.497 e. The van der Waals surface area contributed by atoms with Gasteiger partial charge in [0.15, 0.2) is 0 Å². The molecule has 0 unspecified atom stereocenters. The number of rotatable bonds is 32. The second-order valence-electron chi connectivity index (χ2n) is 33.2. The maximum Gasteiger partial charge on any atom is 0.326 e. The molecular weight excluding hydrogens is 1610 g/mol. The lowest BCUT2D eigenvalue weighted by Gasteiger charge is -2.29. The van der Waals surface area contributed by atoms with Gasteiger partial charge in [0.25, 0.3) is 0 Å². The summed E-state index contributed by atoms with van der Waals surface area (Å²) in [5.74, 6) is -1.93. The van der Waals surface area contributed by atoms with Crippen LogP contribution in [0.4, 0.5) is 22.7 Å². The summed E-state index contributed by atoms with van der Waals surface area (Å²) < 4.78 is 81.0. The fourth-order valence-corrected chi connectivity index (χ4v) is 10.3. The van der Waals surface area contributed by atoms with E-state index < -0.39 is 92.6 Å². The molecule has 0 amide bonds. The minimum atomic E-state index is -0.757. The molecule has 0 fully saturated rings. The van der Waals surface area contributed by atoms with Gasteiger partial charge in [0.2, 0.25) is 0 Å². The molecule has 0 saturated carbocycles. The Hall–Kier alpha value is -7.92. The van der Waals surface area contributed by atoms with Crippen LogP contribution < -0.4 is 48.0 Å². The third-order valence-electron chi connectivity index (χ3n) is 13.1. The van der Waals surface area contributed by atoms with Crippen LogP contribution in [0.2, 0.25) is 0 Å². The van der Waals surface area contributed by atoms with E-state index >= 15 is 0 Å². The molecule has 612 valence electrons. The molecule has 4 rings (SSSR count). The molecule has 0 aliphatic heterocycles. The molecule has 0 saturated heterocycles. The highest BCUT2D eigenvalue weighted by Crippen LogP contribution is 2.40. The molecule has 0 aliphatic carbocycles. The Bertz CT molecular complexity index is 3540. The molecule has 0 spiro atoms. The lowest BCUT2D eigenvalue weighted by atomic mass is 10.1. The maximum absolute atomic E-state index is 13.1. The van der Waals surface area contributed by atoms with Gasteiger partial charge in [0, 0.05) is 46.5 Å². The Morgan fingerprint density at radius 2 is 0.514 bits per heavy atom. The van der Waals surface area contributed by atoms with Gasteiger partial charge in [-0.2, -0.15) is 0 Å². The van der Waals surface area contributed by atoms with Crippen LogP contribution in [0.1, 0.15) is 177 Å². The lowest BCUT2D eigenvalue weighted by molar-refractivity contribution is -0.156. The van der Waals surface area contributed by atoms with Crippen LogP contribution >= 0.6 is 44.2 Å². The molecule has 4 aromatic carbocycles. The summed E-state index contributed by atoms with van der Waals surface area (Å²) in [5.41, 5.74) is -2.42. The monoisotopic (exact) mass is 1720 g/mol. The highest BCUT2D eigenvalue weighted by Gasteiger charge is 2.32. The predicted molar refractivity (Wildman–Crippen MR) is 431 cm³/mol. The summed E-state index contributed by atoms with van der Waals surface area (Å²) in [7, 11) is 3.01. The fourth-order valence-electron chi connectivity index (χ4n) is 9.78. The molecule has 0 atom stereocenters. The summed E-state index contributed by atoms with van der Waals surface area (Å²) in [4.78, 5) is 110. The normalized spacial score (nSPS) is 11.8. The first-order valence-electron chi connectivity index (χ1n) is 35.5. The molecule has 109 heavy (non-hydrogen) atoms. The SMILES string of the molecule is BrBr.COc1cc(N(CC(=O)OC(C)(C)C)CC(=O)OC(C)(C)C)c(OCCOc2cc(C)ccc2N(CC(=O)OC(C)(C)C)CC(=O)OC(C)(C)C)cc1Br.COc1ccc(OCCOc2cc(C)ccc2N(CC(=O)OC(C)(C)C)CC(=O)OC(C)(C)C)c(N(CC(=O)OC(C)(C)C)CC(=O)OC(C)(C)C)c1. The summed E-state index contributed by atoms with van der Waals surface area (Å²) >= 11 is 9.01. The summed E-state index contributed by atoms with van der Waals surface area (Å²) in [6.45, 7) is 44.2. The number of nitrogens with zero attached hydrogens (tertiary/aromatic N) is 4. The molecule has 0 radical (unpaired) electrons. The Morgan fingerprint density at radius 1 is 0.284 bits per heavy atom. The number of aryl methyl sites for hydroxylation is 2. The summed E-state index contributed by atoms with van der Waals surface area (Å²) in [5, 5.41) is 0. The average molecular weight is 1730 g/mol. The first-order chi connectivity index (χ1) is 49.9. The predicted octanol–water partition coefficient (Wildman–Crippen LogP) is 15.3. The third kappa shape index (κ3) is 41.1. The Balaban J connectivity index is 0.000000724. The van der Waals surface area contributed by atoms with Gasteiger partial charge in [-0.15, -0.1) is 0 Å². The maximum atomic E-state index is 13.1. The van der Waals surface area contributed by atoms with Gasteiger partial charge in [0.1, 0.15) is 158 Å².